The minimum absolute atomic E-state index is 0.0600. The Kier molecular flexibility index (Phi) is 4.57. The Labute approximate surface area is 162 Å². The number of hydrogen-bond donors (Lipinski definition) is 2. The summed E-state index contributed by atoms with van der Waals surface area (Å²) in [6.45, 7) is 1.51. The zero-order valence-electron chi connectivity index (χ0n) is 14.4. The number of amides is 1. The Morgan fingerprint density at radius 3 is 2.48 bits per heavy atom. The van der Waals surface area contributed by atoms with Crippen molar-refractivity contribution in [3.05, 3.63) is 59.2 Å². The van der Waals surface area contributed by atoms with Crippen LogP contribution in [0.25, 0.3) is 10.9 Å². The molecule has 1 aliphatic rings. The number of anilines is 1. The molecule has 1 aliphatic heterocycles. The number of nitrogens with one attached hydrogen (secondary N) is 2. The summed E-state index contributed by atoms with van der Waals surface area (Å²) in [4.78, 5) is 17.3. The van der Waals surface area contributed by atoms with Crippen LogP contribution in [0, 0.1) is 0 Å². The number of carbonyl (C=O) groups is 1. The van der Waals surface area contributed by atoms with E-state index in [9.17, 15) is 13.2 Å². The SMILES string of the molecule is O=C(c1ccc(S(=O)(=O)Nc2cccc3c(Cl)c[nH]c23)cc1)N1CCCC1. The van der Waals surface area contributed by atoms with Crippen molar-refractivity contribution in [3.8, 4) is 0 Å². The lowest BCUT2D eigenvalue weighted by atomic mass is 10.2. The molecule has 0 spiro atoms. The van der Waals surface area contributed by atoms with E-state index >= 15 is 0 Å². The second-order valence-electron chi connectivity index (χ2n) is 6.49. The standard InChI is InChI=1S/C19H18ClN3O3S/c20-16-12-21-18-15(16)4-3-5-17(18)22-27(25,26)14-8-6-13(7-9-14)19(24)23-10-1-2-11-23/h3-9,12,21-22H,1-2,10-11H2. The van der Waals surface area contributed by atoms with Crippen molar-refractivity contribution in [1.82, 2.24) is 9.88 Å². The topological polar surface area (TPSA) is 82.3 Å². The lowest BCUT2D eigenvalue weighted by Crippen LogP contribution is -2.27. The second kappa shape index (κ2) is 6.90. The van der Waals surface area contributed by atoms with Gasteiger partial charge >= 0.3 is 0 Å². The number of halogens is 1. The number of fused-ring (bicyclic) bond motifs is 1. The van der Waals surface area contributed by atoms with E-state index in [1.54, 1.807) is 35.4 Å². The molecule has 8 heteroatoms. The van der Waals surface area contributed by atoms with Crippen molar-refractivity contribution < 1.29 is 13.2 Å². The number of hydrogen-bond acceptors (Lipinski definition) is 3. The smallest absolute Gasteiger partial charge is 0.261 e. The first kappa shape index (κ1) is 17.9. The zero-order chi connectivity index (χ0) is 19.0. The Bertz CT molecular complexity index is 1100. The molecular formula is C19H18ClN3O3S. The molecule has 1 aromatic heterocycles. The van der Waals surface area contributed by atoms with E-state index in [-0.39, 0.29) is 10.8 Å². The quantitative estimate of drug-likeness (QED) is 0.693. The lowest BCUT2D eigenvalue weighted by Gasteiger charge is -2.15. The average Bonchev–Trinajstić information content (AvgIpc) is 3.32. The minimum atomic E-state index is -3.80. The molecule has 0 bridgehead atoms. The van der Waals surface area contributed by atoms with Crippen LogP contribution < -0.4 is 4.72 Å². The molecule has 4 rings (SSSR count). The summed E-state index contributed by atoms with van der Waals surface area (Å²) < 4.78 is 28.1. The number of likely N-dealkylation sites (tertiary alicyclic amines) is 1. The van der Waals surface area contributed by atoms with E-state index in [2.05, 4.69) is 9.71 Å². The predicted octanol–water partition coefficient (Wildman–Crippen LogP) is 3.86. The van der Waals surface area contributed by atoms with Gasteiger partial charge in [-0.05, 0) is 43.2 Å². The van der Waals surface area contributed by atoms with Crippen LogP contribution >= 0.6 is 11.6 Å². The molecule has 1 saturated heterocycles. The van der Waals surface area contributed by atoms with Crippen LogP contribution in [0.4, 0.5) is 5.69 Å². The van der Waals surface area contributed by atoms with Crippen molar-refractivity contribution in [2.75, 3.05) is 17.8 Å². The number of rotatable bonds is 4. The summed E-state index contributed by atoms with van der Waals surface area (Å²) in [5.74, 6) is -0.0600. The summed E-state index contributed by atoms with van der Waals surface area (Å²) in [5, 5.41) is 1.26. The molecule has 3 aromatic rings. The summed E-state index contributed by atoms with van der Waals surface area (Å²) >= 11 is 6.09. The molecule has 6 nitrogen and oxygen atoms in total. The Balaban J connectivity index is 1.59. The van der Waals surface area contributed by atoms with Crippen LogP contribution in [0.15, 0.2) is 53.6 Å². The third-order valence-electron chi connectivity index (χ3n) is 4.71. The highest BCUT2D eigenvalue weighted by molar-refractivity contribution is 7.92. The zero-order valence-corrected chi connectivity index (χ0v) is 16.0. The summed E-state index contributed by atoms with van der Waals surface area (Å²) in [6, 6.07) is 11.2. The number of para-hydroxylation sites is 1. The maximum absolute atomic E-state index is 12.7. The molecule has 2 heterocycles. The number of aromatic amines is 1. The van der Waals surface area contributed by atoms with Gasteiger partial charge in [0, 0.05) is 30.2 Å². The van der Waals surface area contributed by atoms with Gasteiger partial charge in [0.05, 0.1) is 21.1 Å². The normalized spacial score (nSPS) is 14.6. The van der Waals surface area contributed by atoms with Crippen molar-refractivity contribution in [2.24, 2.45) is 0 Å². The van der Waals surface area contributed by atoms with Crippen molar-refractivity contribution in [2.45, 2.75) is 17.7 Å². The molecule has 2 aromatic carbocycles. The van der Waals surface area contributed by atoms with Crippen molar-refractivity contribution in [3.63, 3.8) is 0 Å². The van der Waals surface area contributed by atoms with Crippen LogP contribution in [0.1, 0.15) is 23.2 Å². The van der Waals surface area contributed by atoms with Crippen LogP contribution in [-0.4, -0.2) is 37.3 Å². The second-order valence-corrected chi connectivity index (χ2v) is 8.58. The van der Waals surface area contributed by atoms with Gasteiger partial charge in [0.25, 0.3) is 15.9 Å². The van der Waals surface area contributed by atoms with E-state index in [0.717, 1.165) is 31.3 Å². The van der Waals surface area contributed by atoms with Gasteiger partial charge in [0.2, 0.25) is 0 Å². The Morgan fingerprint density at radius 2 is 1.78 bits per heavy atom. The third kappa shape index (κ3) is 3.40. The molecule has 2 N–H and O–H groups in total. The summed E-state index contributed by atoms with van der Waals surface area (Å²) in [5.41, 5.74) is 1.53. The number of sulfonamides is 1. The van der Waals surface area contributed by atoms with Gasteiger partial charge in [-0.15, -0.1) is 0 Å². The monoisotopic (exact) mass is 403 g/mol. The number of carbonyl (C=O) groups excluding carboxylic acids is 1. The minimum Gasteiger partial charge on any atom is -0.358 e. The maximum Gasteiger partial charge on any atom is 0.261 e. The number of nitrogens with zero attached hydrogens (tertiary/aromatic N) is 1. The molecule has 0 radical (unpaired) electrons. The van der Waals surface area contributed by atoms with Crippen molar-refractivity contribution >= 4 is 44.1 Å². The van der Waals surface area contributed by atoms with Gasteiger partial charge in [-0.2, -0.15) is 0 Å². The first-order valence-electron chi connectivity index (χ1n) is 8.63. The highest BCUT2D eigenvalue weighted by Crippen LogP contribution is 2.30. The van der Waals surface area contributed by atoms with Gasteiger partial charge in [-0.3, -0.25) is 9.52 Å². The fourth-order valence-electron chi connectivity index (χ4n) is 3.29. The molecule has 0 saturated carbocycles. The number of benzene rings is 2. The van der Waals surface area contributed by atoms with Crippen LogP contribution in [-0.2, 0) is 10.0 Å². The molecule has 27 heavy (non-hydrogen) atoms. The van der Waals surface area contributed by atoms with Crippen LogP contribution in [0.5, 0.6) is 0 Å². The highest BCUT2D eigenvalue weighted by atomic mass is 35.5. The predicted molar refractivity (Wildman–Crippen MR) is 106 cm³/mol. The Hall–Kier alpha value is -2.51. The van der Waals surface area contributed by atoms with E-state index in [4.69, 9.17) is 11.6 Å². The van der Waals surface area contributed by atoms with E-state index in [1.165, 1.54) is 12.1 Å². The van der Waals surface area contributed by atoms with E-state index in [0.29, 0.717) is 21.8 Å². The largest absolute Gasteiger partial charge is 0.358 e. The van der Waals surface area contributed by atoms with E-state index < -0.39 is 10.0 Å². The number of H-pyrrole nitrogens is 1. The van der Waals surface area contributed by atoms with Gasteiger partial charge < -0.3 is 9.88 Å². The molecular weight excluding hydrogens is 386 g/mol. The van der Waals surface area contributed by atoms with Gasteiger partial charge in [-0.1, -0.05) is 23.7 Å². The maximum atomic E-state index is 12.7. The van der Waals surface area contributed by atoms with Gasteiger partial charge in [0.1, 0.15) is 0 Å². The summed E-state index contributed by atoms with van der Waals surface area (Å²) in [6.07, 6.45) is 3.63. The van der Waals surface area contributed by atoms with E-state index in [1.807, 2.05) is 6.07 Å². The van der Waals surface area contributed by atoms with Crippen molar-refractivity contribution in [1.29, 1.82) is 0 Å². The molecule has 0 atom stereocenters. The fraction of sp³-hybridized carbons (Fsp3) is 0.211. The average molecular weight is 404 g/mol. The van der Waals surface area contributed by atoms with Crippen LogP contribution in [0.2, 0.25) is 5.02 Å². The molecule has 1 fully saturated rings. The molecule has 1 amide bonds. The molecule has 0 aliphatic carbocycles. The summed E-state index contributed by atoms with van der Waals surface area (Å²) in [7, 11) is -3.80. The van der Waals surface area contributed by atoms with Crippen LogP contribution in [0.3, 0.4) is 0 Å². The lowest BCUT2D eigenvalue weighted by molar-refractivity contribution is 0.0792. The fourth-order valence-corrected chi connectivity index (χ4v) is 4.57. The number of aromatic nitrogens is 1. The Morgan fingerprint density at radius 1 is 1.07 bits per heavy atom. The van der Waals surface area contributed by atoms with Gasteiger partial charge in [-0.25, -0.2) is 8.42 Å². The first-order chi connectivity index (χ1) is 13.0. The first-order valence-corrected chi connectivity index (χ1v) is 10.5. The molecule has 140 valence electrons. The molecule has 0 unspecified atom stereocenters. The highest BCUT2D eigenvalue weighted by Gasteiger charge is 2.21. The third-order valence-corrected chi connectivity index (χ3v) is 6.41. The van der Waals surface area contributed by atoms with Gasteiger partial charge in [0.15, 0.2) is 0 Å².